The fourth-order valence-electron chi connectivity index (χ4n) is 2.66. The molecule has 1 aromatic rings. The zero-order chi connectivity index (χ0) is 13.5. The largest absolute Gasteiger partial charge is 0.391 e. The highest BCUT2D eigenvalue weighted by molar-refractivity contribution is 7.89. The molecule has 2 heterocycles. The molecule has 1 aromatic heterocycles. The molecule has 0 saturated carbocycles. The smallest absolute Gasteiger partial charge is 0.244 e. The highest BCUT2D eigenvalue weighted by Crippen LogP contribution is 2.34. The summed E-state index contributed by atoms with van der Waals surface area (Å²) in [6, 6.07) is 0.0378. The molecule has 2 rings (SSSR count). The van der Waals surface area contributed by atoms with Crippen LogP contribution in [0.1, 0.15) is 30.7 Å². The summed E-state index contributed by atoms with van der Waals surface area (Å²) in [5.41, 5.74) is 0.732. The Balaban J connectivity index is 2.45. The Morgan fingerprint density at radius 3 is 2.67 bits per heavy atom. The third kappa shape index (κ3) is 2.22. The van der Waals surface area contributed by atoms with Crippen LogP contribution in [-0.2, 0) is 16.6 Å². The molecule has 0 amide bonds. The van der Waals surface area contributed by atoms with Gasteiger partial charge in [0.15, 0.2) is 0 Å². The molecule has 0 aromatic carbocycles. The molecule has 0 spiro atoms. The number of hydrogen-bond acceptors (Lipinski definition) is 4. The highest BCUT2D eigenvalue weighted by atomic mass is 32.2. The molecule has 4 nitrogen and oxygen atoms in total. The van der Waals surface area contributed by atoms with Crippen LogP contribution in [0.3, 0.4) is 0 Å². The number of sulfonamides is 1. The van der Waals surface area contributed by atoms with Gasteiger partial charge in [-0.25, -0.2) is 8.42 Å². The molecule has 2 atom stereocenters. The second-order valence-electron chi connectivity index (χ2n) is 5.09. The van der Waals surface area contributed by atoms with E-state index >= 15 is 0 Å². The first-order valence-electron chi connectivity index (χ1n) is 6.07. The molecular weight excluding hydrogens is 270 g/mol. The molecule has 1 aliphatic rings. The Hall–Kier alpha value is -0.430. The summed E-state index contributed by atoms with van der Waals surface area (Å²) in [7, 11) is -3.47. The number of aliphatic hydroxyl groups excluding tert-OH is 1. The summed E-state index contributed by atoms with van der Waals surface area (Å²) < 4.78 is 26.9. The van der Waals surface area contributed by atoms with Crippen LogP contribution in [0.2, 0.25) is 0 Å². The van der Waals surface area contributed by atoms with Crippen LogP contribution < -0.4 is 0 Å². The standard InChI is InChI=1S/C12H19NO3S2/c1-8-4-10(3)13(5-8)18(15,16)12-9(2)7-17-11(12)6-14/h7-8,10,14H,4-6H2,1-3H3. The zero-order valence-electron chi connectivity index (χ0n) is 10.9. The second-order valence-corrected chi connectivity index (χ2v) is 7.89. The molecule has 1 aliphatic heterocycles. The average Bonchev–Trinajstić information content (AvgIpc) is 2.82. The molecule has 0 aliphatic carbocycles. The molecule has 1 saturated heterocycles. The third-order valence-corrected chi connectivity index (χ3v) is 6.86. The van der Waals surface area contributed by atoms with Gasteiger partial charge in [0.05, 0.1) is 11.5 Å². The van der Waals surface area contributed by atoms with Gasteiger partial charge in [-0.1, -0.05) is 6.92 Å². The lowest BCUT2D eigenvalue weighted by Gasteiger charge is -2.21. The van der Waals surface area contributed by atoms with Crippen LogP contribution in [0.4, 0.5) is 0 Å². The number of aliphatic hydroxyl groups is 1. The fraction of sp³-hybridized carbons (Fsp3) is 0.667. The van der Waals surface area contributed by atoms with E-state index in [1.165, 1.54) is 11.3 Å². The van der Waals surface area contributed by atoms with Crippen LogP contribution in [0.15, 0.2) is 10.3 Å². The molecule has 6 heteroatoms. The maximum absolute atomic E-state index is 12.7. The fourth-order valence-corrected chi connectivity index (χ4v) is 6.03. The maximum atomic E-state index is 12.7. The van der Waals surface area contributed by atoms with E-state index in [0.29, 0.717) is 22.2 Å². The van der Waals surface area contributed by atoms with E-state index in [2.05, 4.69) is 6.92 Å². The minimum absolute atomic E-state index is 0.0378. The van der Waals surface area contributed by atoms with Gasteiger partial charge in [0.1, 0.15) is 4.90 Å². The molecule has 0 radical (unpaired) electrons. The summed E-state index contributed by atoms with van der Waals surface area (Å²) in [6.07, 6.45) is 0.900. The lowest BCUT2D eigenvalue weighted by Crippen LogP contribution is -2.34. The number of hydrogen-bond donors (Lipinski definition) is 1. The van der Waals surface area contributed by atoms with Crippen molar-refractivity contribution in [1.29, 1.82) is 0 Å². The Kier molecular flexibility index (Phi) is 3.82. The van der Waals surface area contributed by atoms with Crippen molar-refractivity contribution in [2.45, 2.75) is 44.7 Å². The van der Waals surface area contributed by atoms with Gasteiger partial charge in [-0.3, -0.25) is 0 Å². The average molecular weight is 289 g/mol. The van der Waals surface area contributed by atoms with Gasteiger partial charge in [-0.15, -0.1) is 11.3 Å². The van der Waals surface area contributed by atoms with Crippen molar-refractivity contribution in [1.82, 2.24) is 4.31 Å². The SMILES string of the molecule is Cc1csc(CO)c1S(=O)(=O)N1CC(C)CC1C. The zero-order valence-corrected chi connectivity index (χ0v) is 12.5. The van der Waals surface area contributed by atoms with Crippen molar-refractivity contribution in [3.8, 4) is 0 Å². The van der Waals surface area contributed by atoms with Gasteiger partial charge in [0, 0.05) is 12.6 Å². The van der Waals surface area contributed by atoms with Gasteiger partial charge >= 0.3 is 0 Å². The minimum atomic E-state index is -3.47. The van der Waals surface area contributed by atoms with E-state index in [-0.39, 0.29) is 12.6 Å². The predicted octanol–water partition coefficient (Wildman–Crippen LogP) is 1.97. The van der Waals surface area contributed by atoms with Crippen molar-refractivity contribution in [3.05, 3.63) is 15.8 Å². The van der Waals surface area contributed by atoms with E-state index < -0.39 is 10.0 Å². The summed E-state index contributed by atoms with van der Waals surface area (Å²) in [5.74, 6) is 0.395. The van der Waals surface area contributed by atoms with Gasteiger partial charge < -0.3 is 5.11 Å². The monoisotopic (exact) mass is 289 g/mol. The van der Waals surface area contributed by atoms with E-state index in [0.717, 1.165) is 12.0 Å². The molecule has 18 heavy (non-hydrogen) atoms. The highest BCUT2D eigenvalue weighted by Gasteiger charge is 2.38. The van der Waals surface area contributed by atoms with Crippen molar-refractivity contribution in [3.63, 3.8) is 0 Å². The molecule has 1 fully saturated rings. The van der Waals surface area contributed by atoms with Crippen LogP contribution in [0.5, 0.6) is 0 Å². The van der Waals surface area contributed by atoms with Crippen LogP contribution in [0, 0.1) is 12.8 Å². The summed E-state index contributed by atoms with van der Waals surface area (Å²) in [6.45, 7) is 6.15. The van der Waals surface area contributed by atoms with Crippen LogP contribution >= 0.6 is 11.3 Å². The van der Waals surface area contributed by atoms with Crippen molar-refractivity contribution < 1.29 is 13.5 Å². The molecule has 0 bridgehead atoms. The van der Waals surface area contributed by atoms with E-state index in [1.54, 1.807) is 16.6 Å². The Morgan fingerprint density at radius 1 is 1.50 bits per heavy atom. The normalized spacial score (nSPS) is 25.8. The van der Waals surface area contributed by atoms with Gasteiger partial charge in [-0.05, 0) is 37.1 Å². The molecule has 102 valence electrons. The quantitative estimate of drug-likeness (QED) is 0.925. The molecular formula is C12H19NO3S2. The number of nitrogens with zero attached hydrogens (tertiary/aromatic N) is 1. The topological polar surface area (TPSA) is 57.6 Å². The van der Waals surface area contributed by atoms with E-state index in [9.17, 15) is 13.5 Å². The summed E-state index contributed by atoms with van der Waals surface area (Å²) >= 11 is 1.31. The van der Waals surface area contributed by atoms with Crippen LogP contribution in [0.25, 0.3) is 0 Å². The summed E-state index contributed by atoms with van der Waals surface area (Å²) in [4.78, 5) is 0.857. The first kappa shape index (κ1) is 14.0. The second kappa shape index (κ2) is 4.92. The van der Waals surface area contributed by atoms with Crippen LogP contribution in [-0.4, -0.2) is 30.4 Å². The van der Waals surface area contributed by atoms with Gasteiger partial charge in [0.2, 0.25) is 10.0 Å². The van der Waals surface area contributed by atoms with E-state index in [4.69, 9.17) is 0 Å². The number of aryl methyl sites for hydroxylation is 1. The molecule has 1 N–H and O–H groups in total. The third-order valence-electron chi connectivity index (χ3n) is 3.43. The lowest BCUT2D eigenvalue weighted by molar-refractivity contribution is 0.282. The number of rotatable bonds is 3. The predicted molar refractivity (Wildman–Crippen MR) is 72.1 cm³/mol. The lowest BCUT2D eigenvalue weighted by atomic mass is 10.1. The van der Waals surface area contributed by atoms with Crippen molar-refractivity contribution >= 4 is 21.4 Å². The minimum Gasteiger partial charge on any atom is -0.391 e. The van der Waals surface area contributed by atoms with Crippen molar-refractivity contribution in [2.24, 2.45) is 5.92 Å². The Morgan fingerprint density at radius 2 is 2.17 bits per heavy atom. The van der Waals surface area contributed by atoms with Gasteiger partial charge in [-0.2, -0.15) is 4.31 Å². The Bertz CT molecular complexity index is 536. The maximum Gasteiger partial charge on any atom is 0.244 e. The first-order chi connectivity index (χ1) is 8.37. The van der Waals surface area contributed by atoms with Crippen molar-refractivity contribution in [2.75, 3.05) is 6.54 Å². The van der Waals surface area contributed by atoms with Gasteiger partial charge in [0.25, 0.3) is 0 Å². The number of thiophene rings is 1. The Labute approximate surface area is 112 Å². The molecule has 2 unspecified atom stereocenters. The summed E-state index contributed by atoms with van der Waals surface area (Å²) in [5, 5.41) is 11.1. The first-order valence-corrected chi connectivity index (χ1v) is 8.39. The van der Waals surface area contributed by atoms with E-state index in [1.807, 2.05) is 6.92 Å².